The molecule has 0 heterocycles. The summed E-state index contributed by atoms with van der Waals surface area (Å²) in [6, 6.07) is 5.31. The van der Waals surface area contributed by atoms with Gasteiger partial charge in [-0.2, -0.15) is 0 Å². The molecule has 0 aromatic heterocycles. The van der Waals surface area contributed by atoms with Crippen LogP contribution in [0.4, 0.5) is 0 Å². The highest BCUT2D eigenvalue weighted by Gasteiger charge is 2.09. The number of carbonyl (C=O) groups excluding carboxylic acids is 2. The zero-order valence-corrected chi connectivity index (χ0v) is 14.6. The van der Waals surface area contributed by atoms with Crippen molar-refractivity contribution in [2.24, 2.45) is 0 Å². The summed E-state index contributed by atoms with van der Waals surface area (Å²) in [5.74, 6) is 0.333. The number of amides is 1. The van der Waals surface area contributed by atoms with Crippen LogP contribution >= 0.6 is 0 Å². The number of benzene rings is 1. The van der Waals surface area contributed by atoms with Crippen molar-refractivity contribution in [1.82, 2.24) is 5.32 Å². The molecule has 132 valence electrons. The maximum Gasteiger partial charge on any atom is 0.331 e. The van der Waals surface area contributed by atoms with E-state index >= 15 is 0 Å². The molecule has 0 aliphatic heterocycles. The van der Waals surface area contributed by atoms with E-state index in [9.17, 15) is 9.59 Å². The van der Waals surface area contributed by atoms with E-state index in [2.05, 4.69) is 5.32 Å². The number of nitrogens with one attached hydrogen (secondary N) is 1. The lowest BCUT2D eigenvalue weighted by atomic mass is 10.2. The molecule has 1 aromatic carbocycles. The summed E-state index contributed by atoms with van der Waals surface area (Å²) in [5, 5.41) is 2.77. The fraction of sp³-hybridized carbons (Fsp3) is 0.444. The number of methoxy groups -OCH3 is 2. The van der Waals surface area contributed by atoms with Crippen molar-refractivity contribution in [1.29, 1.82) is 0 Å². The van der Waals surface area contributed by atoms with Gasteiger partial charge in [0.2, 0.25) is 0 Å². The van der Waals surface area contributed by atoms with E-state index in [4.69, 9.17) is 14.2 Å². The molecule has 0 spiro atoms. The van der Waals surface area contributed by atoms with E-state index < -0.39 is 5.97 Å². The van der Waals surface area contributed by atoms with Gasteiger partial charge in [-0.3, -0.25) is 4.79 Å². The quantitative estimate of drug-likeness (QED) is 0.554. The number of hydrogen-bond acceptors (Lipinski definition) is 5. The van der Waals surface area contributed by atoms with E-state index in [1.807, 2.05) is 13.8 Å². The van der Waals surface area contributed by atoms with Gasteiger partial charge >= 0.3 is 5.97 Å². The van der Waals surface area contributed by atoms with Crippen LogP contribution in [0.5, 0.6) is 11.5 Å². The lowest BCUT2D eigenvalue weighted by Gasteiger charge is -2.12. The molecule has 1 rings (SSSR count). The van der Waals surface area contributed by atoms with Crippen molar-refractivity contribution >= 4 is 18.0 Å². The average Bonchev–Trinajstić information content (AvgIpc) is 2.58. The monoisotopic (exact) mass is 335 g/mol. The highest BCUT2D eigenvalue weighted by molar-refractivity contribution is 5.89. The normalized spacial score (nSPS) is 11.8. The standard InChI is InChI=1S/C18H25NO5/c1-5-6-13(2)19-17(20)12-24-18(21)10-8-14-7-9-15(22-3)11-16(14)23-4/h7-11,13H,5-6,12H2,1-4H3,(H,19,20)/b10-8+. The zero-order valence-electron chi connectivity index (χ0n) is 14.6. The van der Waals surface area contributed by atoms with Gasteiger partial charge in [0.1, 0.15) is 11.5 Å². The highest BCUT2D eigenvalue weighted by Crippen LogP contribution is 2.25. The Balaban J connectivity index is 2.53. The van der Waals surface area contributed by atoms with Crippen LogP contribution < -0.4 is 14.8 Å². The number of hydrogen-bond donors (Lipinski definition) is 1. The summed E-state index contributed by atoms with van der Waals surface area (Å²) in [7, 11) is 3.10. The van der Waals surface area contributed by atoms with Crippen LogP contribution in [0.15, 0.2) is 24.3 Å². The Labute approximate surface area is 142 Å². The van der Waals surface area contributed by atoms with Crippen molar-refractivity contribution < 1.29 is 23.8 Å². The van der Waals surface area contributed by atoms with E-state index in [-0.39, 0.29) is 18.6 Å². The first-order valence-corrected chi connectivity index (χ1v) is 7.86. The second-order valence-electron chi connectivity index (χ2n) is 5.31. The largest absolute Gasteiger partial charge is 0.497 e. The van der Waals surface area contributed by atoms with Gasteiger partial charge in [0, 0.05) is 23.7 Å². The molecule has 1 atom stereocenters. The minimum absolute atomic E-state index is 0.0697. The molecule has 1 amide bonds. The molecular weight excluding hydrogens is 310 g/mol. The fourth-order valence-electron chi connectivity index (χ4n) is 2.12. The highest BCUT2D eigenvalue weighted by atomic mass is 16.5. The van der Waals surface area contributed by atoms with Crippen LogP contribution in [-0.4, -0.2) is 38.7 Å². The van der Waals surface area contributed by atoms with Crippen molar-refractivity contribution in [3.8, 4) is 11.5 Å². The second kappa shape index (κ2) is 10.3. The molecule has 24 heavy (non-hydrogen) atoms. The maximum absolute atomic E-state index is 11.7. The first-order chi connectivity index (χ1) is 11.5. The SMILES string of the molecule is CCCC(C)NC(=O)COC(=O)/C=C/c1ccc(OC)cc1OC. The lowest BCUT2D eigenvalue weighted by molar-refractivity contribution is -0.144. The van der Waals surface area contributed by atoms with E-state index in [0.717, 1.165) is 12.8 Å². The molecular formula is C18H25NO5. The molecule has 1 N–H and O–H groups in total. The van der Waals surface area contributed by atoms with Gasteiger partial charge < -0.3 is 19.5 Å². The number of rotatable bonds is 9. The summed E-state index contributed by atoms with van der Waals surface area (Å²) >= 11 is 0. The van der Waals surface area contributed by atoms with E-state index in [1.165, 1.54) is 13.2 Å². The molecule has 6 heteroatoms. The van der Waals surface area contributed by atoms with E-state index in [0.29, 0.717) is 17.1 Å². The predicted octanol–water partition coefficient (Wildman–Crippen LogP) is 2.57. The molecule has 6 nitrogen and oxygen atoms in total. The number of carbonyl (C=O) groups is 2. The second-order valence-corrected chi connectivity index (χ2v) is 5.31. The Morgan fingerprint density at radius 3 is 2.62 bits per heavy atom. The van der Waals surface area contributed by atoms with Gasteiger partial charge in [-0.25, -0.2) is 4.79 Å². The van der Waals surface area contributed by atoms with Crippen LogP contribution in [0.2, 0.25) is 0 Å². The first kappa shape index (κ1) is 19.5. The summed E-state index contributed by atoms with van der Waals surface area (Å²) in [5.41, 5.74) is 0.705. The third-order valence-electron chi connectivity index (χ3n) is 3.31. The first-order valence-electron chi connectivity index (χ1n) is 7.86. The Kier molecular flexibility index (Phi) is 8.39. The van der Waals surface area contributed by atoms with Crippen LogP contribution in [0.3, 0.4) is 0 Å². The number of esters is 1. The number of ether oxygens (including phenoxy) is 3. The van der Waals surface area contributed by atoms with Gasteiger partial charge in [0.25, 0.3) is 5.91 Å². The topological polar surface area (TPSA) is 73.9 Å². The summed E-state index contributed by atoms with van der Waals surface area (Å²) < 4.78 is 15.3. The van der Waals surface area contributed by atoms with Gasteiger partial charge in [-0.15, -0.1) is 0 Å². The van der Waals surface area contributed by atoms with Gasteiger partial charge in [-0.05, 0) is 31.6 Å². The molecule has 0 fully saturated rings. The molecule has 0 bridgehead atoms. The van der Waals surface area contributed by atoms with Gasteiger partial charge in [-0.1, -0.05) is 13.3 Å². The van der Waals surface area contributed by atoms with Crippen molar-refractivity contribution in [2.75, 3.05) is 20.8 Å². The van der Waals surface area contributed by atoms with Crippen molar-refractivity contribution in [2.45, 2.75) is 32.7 Å². The molecule has 1 aromatic rings. The Hall–Kier alpha value is -2.50. The Morgan fingerprint density at radius 2 is 2.00 bits per heavy atom. The molecule has 0 aliphatic carbocycles. The summed E-state index contributed by atoms with van der Waals surface area (Å²) in [4.78, 5) is 23.3. The Bertz CT molecular complexity index is 583. The fourth-order valence-corrected chi connectivity index (χ4v) is 2.12. The average molecular weight is 335 g/mol. The lowest BCUT2D eigenvalue weighted by Crippen LogP contribution is -2.35. The summed E-state index contributed by atoms with van der Waals surface area (Å²) in [6.45, 7) is 3.66. The van der Waals surface area contributed by atoms with Crippen molar-refractivity contribution in [3.05, 3.63) is 29.8 Å². The van der Waals surface area contributed by atoms with E-state index in [1.54, 1.807) is 31.4 Å². The minimum Gasteiger partial charge on any atom is -0.497 e. The molecule has 1 unspecified atom stereocenters. The predicted molar refractivity (Wildman–Crippen MR) is 92.1 cm³/mol. The molecule has 0 saturated carbocycles. The third kappa shape index (κ3) is 6.73. The molecule has 0 aliphatic rings. The maximum atomic E-state index is 11.7. The van der Waals surface area contributed by atoms with Crippen LogP contribution in [0.25, 0.3) is 6.08 Å². The Morgan fingerprint density at radius 1 is 1.25 bits per heavy atom. The van der Waals surface area contributed by atoms with Crippen LogP contribution in [0, 0.1) is 0 Å². The zero-order chi connectivity index (χ0) is 17.9. The van der Waals surface area contributed by atoms with Gasteiger partial charge in [0.05, 0.1) is 14.2 Å². The van der Waals surface area contributed by atoms with Crippen LogP contribution in [0.1, 0.15) is 32.3 Å². The van der Waals surface area contributed by atoms with Crippen LogP contribution in [-0.2, 0) is 14.3 Å². The van der Waals surface area contributed by atoms with Crippen molar-refractivity contribution in [3.63, 3.8) is 0 Å². The molecule has 0 saturated heterocycles. The minimum atomic E-state index is -0.592. The molecule has 0 radical (unpaired) electrons. The third-order valence-corrected chi connectivity index (χ3v) is 3.31. The summed E-state index contributed by atoms with van der Waals surface area (Å²) in [6.07, 6.45) is 4.69. The smallest absolute Gasteiger partial charge is 0.331 e. The van der Waals surface area contributed by atoms with Gasteiger partial charge in [0.15, 0.2) is 6.61 Å².